The van der Waals surface area contributed by atoms with Crippen molar-refractivity contribution in [1.29, 1.82) is 0 Å². The second-order valence-electron chi connectivity index (χ2n) is 2.57. The van der Waals surface area contributed by atoms with Crippen LogP contribution in [-0.2, 0) is 0 Å². The monoisotopic (exact) mass is 369 g/mol. The van der Waals surface area contributed by atoms with Gasteiger partial charge in [0.15, 0.2) is 5.84 Å². The molecule has 0 aliphatic heterocycles. The fourth-order valence-electron chi connectivity index (χ4n) is 0.854. The van der Waals surface area contributed by atoms with Gasteiger partial charge in [0.2, 0.25) is 0 Å². The van der Waals surface area contributed by atoms with E-state index in [1.165, 1.54) is 0 Å². The lowest BCUT2D eigenvalue weighted by Crippen LogP contribution is -2.22. The highest BCUT2D eigenvalue weighted by atomic mass is 127. The van der Waals surface area contributed by atoms with Crippen LogP contribution in [0, 0.1) is 3.57 Å². The normalized spacial score (nSPS) is 11.4. The highest BCUT2D eigenvalue weighted by Gasteiger charge is 2.00. The van der Waals surface area contributed by atoms with Gasteiger partial charge in [0.05, 0.1) is 6.54 Å². The van der Waals surface area contributed by atoms with Crippen LogP contribution < -0.4 is 11.1 Å². The van der Waals surface area contributed by atoms with E-state index in [0.717, 1.165) is 13.7 Å². The van der Waals surface area contributed by atoms with Gasteiger partial charge in [-0.3, -0.25) is 0 Å². The van der Waals surface area contributed by atoms with Gasteiger partial charge >= 0.3 is 0 Å². The fraction of sp³-hybridized carbons (Fsp3) is 0.125. The molecule has 0 unspecified atom stereocenters. The molecule has 0 spiro atoms. The second-order valence-corrected chi connectivity index (χ2v) is 4.67. The maximum absolute atomic E-state index is 8.34. The molecule has 76 valence electrons. The summed E-state index contributed by atoms with van der Waals surface area (Å²) in [4.78, 5) is 0. The summed E-state index contributed by atoms with van der Waals surface area (Å²) in [7, 11) is 0. The third-order valence-electron chi connectivity index (χ3n) is 1.52. The Morgan fingerprint density at radius 2 is 2.36 bits per heavy atom. The Kier molecular flexibility index (Phi) is 4.46. The fourth-order valence-corrected chi connectivity index (χ4v) is 2.29. The predicted molar refractivity (Wildman–Crippen MR) is 68.8 cm³/mol. The smallest absolute Gasteiger partial charge is 0.158 e. The van der Waals surface area contributed by atoms with Crippen LogP contribution in [0.25, 0.3) is 0 Å². The maximum atomic E-state index is 8.34. The lowest BCUT2D eigenvalue weighted by molar-refractivity contribution is 0.317. The lowest BCUT2D eigenvalue weighted by atomic mass is 10.3. The van der Waals surface area contributed by atoms with Crippen LogP contribution in [0.5, 0.6) is 0 Å². The lowest BCUT2D eigenvalue weighted by Gasteiger charge is -2.07. The molecule has 0 aliphatic carbocycles. The number of benzene rings is 1. The van der Waals surface area contributed by atoms with Crippen molar-refractivity contribution in [2.24, 2.45) is 10.9 Å². The van der Waals surface area contributed by atoms with E-state index < -0.39 is 0 Å². The molecule has 0 radical (unpaired) electrons. The summed E-state index contributed by atoms with van der Waals surface area (Å²) < 4.78 is 2.10. The number of nitrogens with two attached hydrogens (primary N) is 1. The average molecular weight is 370 g/mol. The molecule has 6 heteroatoms. The van der Waals surface area contributed by atoms with E-state index >= 15 is 0 Å². The van der Waals surface area contributed by atoms with Crippen molar-refractivity contribution < 1.29 is 5.21 Å². The number of amidine groups is 1. The molecular formula is C8H9BrIN3O. The van der Waals surface area contributed by atoms with Gasteiger partial charge in [-0.15, -0.1) is 0 Å². The summed E-state index contributed by atoms with van der Waals surface area (Å²) in [5, 5.41) is 14.2. The number of nitrogens with zero attached hydrogens (tertiary/aromatic N) is 1. The minimum Gasteiger partial charge on any atom is -0.409 e. The first kappa shape index (κ1) is 11.6. The molecule has 0 fully saturated rings. The van der Waals surface area contributed by atoms with Crippen molar-refractivity contribution in [2.75, 3.05) is 11.9 Å². The van der Waals surface area contributed by atoms with Gasteiger partial charge in [-0.05, 0) is 56.7 Å². The van der Waals surface area contributed by atoms with E-state index in [0.29, 0.717) is 6.54 Å². The Morgan fingerprint density at radius 3 is 2.93 bits per heavy atom. The molecule has 1 rings (SSSR count). The first-order chi connectivity index (χ1) is 6.63. The zero-order valence-electron chi connectivity index (χ0n) is 7.17. The quantitative estimate of drug-likeness (QED) is 0.251. The van der Waals surface area contributed by atoms with Crippen molar-refractivity contribution in [3.63, 3.8) is 0 Å². The molecule has 4 N–H and O–H groups in total. The van der Waals surface area contributed by atoms with Crippen molar-refractivity contribution in [3.05, 3.63) is 26.2 Å². The van der Waals surface area contributed by atoms with Gasteiger partial charge in [-0.2, -0.15) is 0 Å². The molecule has 0 atom stereocenters. The predicted octanol–water partition coefficient (Wildman–Crippen LogP) is 2.21. The number of nitrogens with one attached hydrogen (secondary N) is 1. The van der Waals surface area contributed by atoms with Crippen LogP contribution in [0.1, 0.15) is 0 Å². The molecule has 1 aromatic rings. The topological polar surface area (TPSA) is 70.6 Å². The van der Waals surface area contributed by atoms with Crippen LogP contribution in [0.2, 0.25) is 0 Å². The second kappa shape index (κ2) is 5.40. The van der Waals surface area contributed by atoms with Crippen LogP contribution in [0.4, 0.5) is 5.69 Å². The Labute approximate surface area is 104 Å². The minimum atomic E-state index is 0.149. The molecule has 0 saturated carbocycles. The van der Waals surface area contributed by atoms with Gasteiger partial charge in [0.1, 0.15) is 0 Å². The maximum Gasteiger partial charge on any atom is 0.158 e. The number of hydrogen-bond donors (Lipinski definition) is 3. The zero-order valence-corrected chi connectivity index (χ0v) is 10.9. The molecule has 0 saturated heterocycles. The van der Waals surface area contributed by atoms with Crippen LogP contribution in [-0.4, -0.2) is 17.6 Å². The Morgan fingerprint density at radius 1 is 1.64 bits per heavy atom. The van der Waals surface area contributed by atoms with E-state index in [1.807, 2.05) is 18.2 Å². The molecule has 0 aliphatic rings. The molecule has 4 nitrogen and oxygen atoms in total. The van der Waals surface area contributed by atoms with Gasteiger partial charge < -0.3 is 16.3 Å². The summed E-state index contributed by atoms with van der Waals surface area (Å²) in [6, 6.07) is 5.88. The Balaban J connectivity index is 2.68. The van der Waals surface area contributed by atoms with Gasteiger partial charge in [0.25, 0.3) is 0 Å². The molecule has 0 heterocycles. The van der Waals surface area contributed by atoms with Crippen molar-refractivity contribution in [3.8, 4) is 0 Å². The number of hydrogen-bond acceptors (Lipinski definition) is 3. The third kappa shape index (κ3) is 3.33. The number of halogens is 2. The van der Waals surface area contributed by atoms with Crippen molar-refractivity contribution >= 4 is 50.0 Å². The molecule has 0 aromatic heterocycles. The van der Waals surface area contributed by atoms with Gasteiger partial charge in [-0.25, -0.2) is 0 Å². The summed E-state index contributed by atoms with van der Waals surface area (Å²) in [5.74, 6) is 0.149. The number of rotatable bonds is 3. The molecule has 1 aromatic carbocycles. The van der Waals surface area contributed by atoms with Crippen molar-refractivity contribution in [1.82, 2.24) is 0 Å². The molecular weight excluding hydrogens is 361 g/mol. The first-order valence-corrected chi connectivity index (χ1v) is 5.66. The third-order valence-corrected chi connectivity index (χ3v) is 2.85. The molecule has 0 bridgehead atoms. The number of anilines is 1. The van der Waals surface area contributed by atoms with E-state index in [9.17, 15) is 0 Å². The Bertz CT molecular complexity index is 356. The van der Waals surface area contributed by atoms with E-state index in [2.05, 4.69) is 49.0 Å². The SMILES string of the molecule is N/C(CNc1ccc(I)cc1Br)=N/O. The molecule has 0 amide bonds. The highest BCUT2D eigenvalue weighted by molar-refractivity contribution is 14.1. The molecule has 14 heavy (non-hydrogen) atoms. The summed E-state index contributed by atoms with van der Waals surface area (Å²) in [6.07, 6.45) is 0. The van der Waals surface area contributed by atoms with E-state index in [-0.39, 0.29) is 5.84 Å². The van der Waals surface area contributed by atoms with Crippen molar-refractivity contribution in [2.45, 2.75) is 0 Å². The summed E-state index contributed by atoms with van der Waals surface area (Å²) in [6.45, 7) is 0.315. The van der Waals surface area contributed by atoms with Gasteiger partial charge in [0, 0.05) is 13.7 Å². The van der Waals surface area contributed by atoms with Crippen LogP contribution in [0.15, 0.2) is 27.8 Å². The van der Waals surface area contributed by atoms with E-state index in [1.54, 1.807) is 0 Å². The highest BCUT2D eigenvalue weighted by Crippen LogP contribution is 2.23. The summed E-state index contributed by atoms with van der Waals surface area (Å²) in [5.41, 5.74) is 6.24. The average Bonchev–Trinajstić information content (AvgIpc) is 2.16. The Hall–Kier alpha value is -0.500. The van der Waals surface area contributed by atoms with Gasteiger partial charge in [-0.1, -0.05) is 5.16 Å². The zero-order chi connectivity index (χ0) is 10.6. The largest absolute Gasteiger partial charge is 0.409 e. The number of oxime groups is 1. The minimum absolute atomic E-state index is 0.149. The van der Waals surface area contributed by atoms with Crippen LogP contribution in [0.3, 0.4) is 0 Å². The first-order valence-electron chi connectivity index (χ1n) is 3.79. The standard InChI is InChI=1S/C8H9BrIN3O/c9-6-3-5(10)1-2-7(6)12-4-8(11)13-14/h1-3,12,14H,4H2,(H2,11,13). The van der Waals surface area contributed by atoms with Crippen LogP contribution >= 0.6 is 38.5 Å². The van der Waals surface area contributed by atoms with E-state index in [4.69, 9.17) is 10.9 Å². The summed E-state index contributed by atoms with van der Waals surface area (Å²) >= 11 is 5.63.